The Bertz CT molecular complexity index is 466. The minimum atomic E-state index is -3.42. The Morgan fingerprint density at radius 2 is 1.76 bits per heavy atom. The Labute approximate surface area is 128 Å². The number of likely N-dealkylation sites (tertiary alicyclic amines) is 1. The van der Waals surface area contributed by atoms with Gasteiger partial charge in [0.25, 0.3) is 0 Å². The van der Waals surface area contributed by atoms with Crippen LogP contribution in [0.4, 0.5) is 0 Å². The summed E-state index contributed by atoms with van der Waals surface area (Å²) in [5.41, 5.74) is -1.11. The normalized spacial score (nSPS) is 19.0. The zero-order valence-corrected chi connectivity index (χ0v) is 14.8. The molecule has 0 saturated carbocycles. The Morgan fingerprint density at radius 3 is 2.14 bits per heavy atom. The molecule has 7 heteroatoms. The molecule has 1 aliphatic heterocycles. The van der Waals surface area contributed by atoms with Crippen molar-refractivity contribution in [3.63, 3.8) is 0 Å². The van der Waals surface area contributed by atoms with E-state index in [2.05, 4.69) is 23.5 Å². The molecule has 0 spiro atoms. The average molecular weight is 319 g/mol. The molecule has 0 atom stereocenters. The van der Waals surface area contributed by atoms with Crippen molar-refractivity contribution in [1.82, 2.24) is 14.5 Å². The second-order valence-corrected chi connectivity index (χ2v) is 8.52. The van der Waals surface area contributed by atoms with Crippen LogP contribution in [-0.4, -0.2) is 68.1 Å². The number of amides is 1. The molecule has 0 bridgehead atoms. The lowest BCUT2D eigenvalue weighted by molar-refractivity contribution is -0.138. The largest absolute Gasteiger partial charge is 0.341 e. The lowest BCUT2D eigenvalue weighted by Crippen LogP contribution is -2.58. The summed E-state index contributed by atoms with van der Waals surface area (Å²) >= 11 is 0. The monoisotopic (exact) mass is 319 g/mol. The molecule has 0 aromatic heterocycles. The highest BCUT2D eigenvalue weighted by Gasteiger charge is 2.36. The highest BCUT2D eigenvalue weighted by molar-refractivity contribution is 7.88. The average Bonchev–Trinajstić information content (AvgIpc) is 2.34. The summed E-state index contributed by atoms with van der Waals surface area (Å²) in [4.78, 5) is 16.6. The molecule has 0 aromatic rings. The van der Waals surface area contributed by atoms with Gasteiger partial charge < -0.3 is 9.80 Å². The number of nitrogens with one attached hydrogen (secondary N) is 1. The summed E-state index contributed by atoms with van der Waals surface area (Å²) < 4.78 is 25.2. The number of hydrogen-bond acceptors (Lipinski definition) is 4. The van der Waals surface area contributed by atoms with Crippen LogP contribution in [0.3, 0.4) is 0 Å². The van der Waals surface area contributed by atoms with Crippen LogP contribution in [-0.2, 0) is 14.8 Å². The van der Waals surface area contributed by atoms with Gasteiger partial charge in [0.05, 0.1) is 6.26 Å². The van der Waals surface area contributed by atoms with Crippen LogP contribution in [0.15, 0.2) is 0 Å². The number of rotatable bonds is 5. The molecule has 6 nitrogen and oxygen atoms in total. The summed E-state index contributed by atoms with van der Waals surface area (Å²) in [6.45, 7) is 9.51. The standard InChI is InChI=1S/C14H29N3O3S/c1-11(2)17-9-7-12(8-10-17)16(5)13(18)14(3,4)15-21(6,19)20/h11-12,15H,7-10H2,1-6H3. The third kappa shape index (κ3) is 5.23. The zero-order chi connectivity index (χ0) is 16.4. The molecule has 1 fully saturated rings. The number of carbonyl (C=O) groups excluding carboxylic acids is 1. The summed E-state index contributed by atoms with van der Waals surface area (Å²) in [5, 5.41) is 0. The Hall–Kier alpha value is -0.660. The van der Waals surface area contributed by atoms with Crippen LogP contribution in [0, 0.1) is 0 Å². The first-order valence-electron chi connectivity index (χ1n) is 7.44. The zero-order valence-electron chi connectivity index (χ0n) is 14.0. The molecule has 21 heavy (non-hydrogen) atoms. The quantitative estimate of drug-likeness (QED) is 0.807. The molecular formula is C14H29N3O3S. The van der Waals surface area contributed by atoms with Crippen LogP contribution < -0.4 is 4.72 Å². The van der Waals surface area contributed by atoms with Gasteiger partial charge in [0.15, 0.2) is 0 Å². The van der Waals surface area contributed by atoms with Crippen molar-refractivity contribution in [2.24, 2.45) is 0 Å². The molecule has 124 valence electrons. The Morgan fingerprint density at radius 1 is 1.29 bits per heavy atom. The highest BCUT2D eigenvalue weighted by atomic mass is 32.2. The number of sulfonamides is 1. The van der Waals surface area contributed by atoms with Crippen molar-refractivity contribution >= 4 is 15.9 Å². The van der Waals surface area contributed by atoms with Gasteiger partial charge in [-0.05, 0) is 40.5 Å². The molecule has 0 aromatic carbocycles. The third-order valence-electron chi connectivity index (χ3n) is 4.07. The van der Waals surface area contributed by atoms with E-state index < -0.39 is 15.6 Å². The van der Waals surface area contributed by atoms with Crippen molar-refractivity contribution < 1.29 is 13.2 Å². The van der Waals surface area contributed by atoms with Crippen molar-refractivity contribution in [1.29, 1.82) is 0 Å². The molecule has 0 unspecified atom stereocenters. The van der Waals surface area contributed by atoms with Crippen LogP contribution in [0.25, 0.3) is 0 Å². The predicted molar refractivity (Wildman–Crippen MR) is 84.6 cm³/mol. The molecule has 1 saturated heterocycles. The van der Waals surface area contributed by atoms with E-state index in [-0.39, 0.29) is 11.9 Å². The first kappa shape index (κ1) is 18.4. The number of likely N-dealkylation sites (N-methyl/N-ethyl adjacent to an activating group) is 1. The topological polar surface area (TPSA) is 69.7 Å². The van der Waals surface area contributed by atoms with E-state index in [1.54, 1.807) is 25.8 Å². The Kier molecular flexibility index (Phi) is 5.80. The number of hydrogen-bond donors (Lipinski definition) is 1. The van der Waals surface area contributed by atoms with E-state index in [1.807, 2.05) is 0 Å². The van der Waals surface area contributed by atoms with Crippen molar-refractivity contribution in [2.45, 2.75) is 58.2 Å². The summed E-state index contributed by atoms with van der Waals surface area (Å²) in [7, 11) is -1.65. The summed E-state index contributed by atoms with van der Waals surface area (Å²) in [5.74, 6) is -0.184. The second kappa shape index (κ2) is 6.62. The molecule has 0 aliphatic carbocycles. The lowest BCUT2D eigenvalue weighted by atomic mass is 9.99. The summed E-state index contributed by atoms with van der Waals surface area (Å²) in [6.07, 6.45) is 2.92. The maximum absolute atomic E-state index is 12.5. The van der Waals surface area contributed by atoms with E-state index >= 15 is 0 Å². The number of nitrogens with zero attached hydrogens (tertiary/aromatic N) is 2. The molecule has 1 amide bonds. The van der Waals surface area contributed by atoms with Crippen LogP contribution in [0.5, 0.6) is 0 Å². The molecule has 1 aliphatic rings. The van der Waals surface area contributed by atoms with E-state index in [0.29, 0.717) is 6.04 Å². The van der Waals surface area contributed by atoms with Gasteiger partial charge in [-0.25, -0.2) is 13.1 Å². The Balaban J connectivity index is 2.67. The van der Waals surface area contributed by atoms with Crippen LogP contribution >= 0.6 is 0 Å². The molecule has 1 heterocycles. The van der Waals surface area contributed by atoms with Crippen molar-refractivity contribution in [3.05, 3.63) is 0 Å². The summed E-state index contributed by atoms with van der Waals surface area (Å²) in [6, 6.07) is 0.698. The van der Waals surface area contributed by atoms with Gasteiger partial charge in [0, 0.05) is 32.2 Å². The van der Waals surface area contributed by atoms with Crippen molar-refractivity contribution in [3.8, 4) is 0 Å². The van der Waals surface area contributed by atoms with Gasteiger partial charge in [-0.3, -0.25) is 4.79 Å². The first-order chi connectivity index (χ1) is 9.44. The minimum absolute atomic E-state index is 0.174. The smallest absolute Gasteiger partial charge is 0.243 e. The van der Waals surface area contributed by atoms with Gasteiger partial charge in [-0.15, -0.1) is 0 Å². The molecule has 1 rings (SSSR count). The highest BCUT2D eigenvalue weighted by Crippen LogP contribution is 2.20. The van der Waals surface area contributed by atoms with Crippen LogP contribution in [0.2, 0.25) is 0 Å². The first-order valence-corrected chi connectivity index (χ1v) is 9.33. The molecule has 0 radical (unpaired) electrons. The number of carbonyl (C=O) groups is 1. The third-order valence-corrected chi connectivity index (χ3v) is 4.95. The van der Waals surface area contributed by atoms with E-state index in [4.69, 9.17) is 0 Å². The lowest BCUT2D eigenvalue weighted by Gasteiger charge is -2.40. The minimum Gasteiger partial charge on any atom is -0.341 e. The fourth-order valence-corrected chi connectivity index (χ4v) is 3.92. The fourth-order valence-electron chi connectivity index (χ4n) is 2.90. The predicted octanol–water partition coefficient (Wildman–Crippen LogP) is 0.645. The van der Waals surface area contributed by atoms with Gasteiger partial charge in [-0.1, -0.05) is 0 Å². The maximum Gasteiger partial charge on any atom is 0.243 e. The van der Waals surface area contributed by atoms with E-state index in [0.717, 1.165) is 32.2 Å². The van der Waals surface area contributed by atoms with Gasteiger partial charge in [0.1, 0.15) is 5.54 Å². The van der Waals surface area contributed by atoms with Gasteiger partial charge in [0.2, 0.25) is 15.9 Å². The second-order valence-electron chi connectivity index (χ2n) is 6.78. The van der Waals surface area contributed by atoms with Crippen molar-refractivity contribution in [2.75, 3.05) is 26.4 Å². The molecular weight excluding hydrogens is 290 g/mol. The SMILES string of the molecule is CC(C)N1CCC(N(C)C(=O)C(C)(C)NS(C)(=O)=O)CC1. The van der Waals surface area contributed by atoms with E-state index in [9.17, 15) is 13.2 Å². The van der Waals surface area contributed by atoms with E-state index in [1.165, 1.54) is 0 Å². The van der Waals surface area contributed by atoms with Gasteiger partial charge in [-0.2, -0.15) is 0 Å². The maximum atomic E-state index is 12.5. The fraction of sp³-hybridized carbons (Fsp3) is 0.929. The van der Waals surface area contributed by atoms with Crippen LogP contribution in [0.1, 0.15) is 40.5 Å². The molecule has 1 N–H and O–H groups in total. The number of piperidine rings is 1. The van der Waals surface area contributed by atoms with Gasteiger partial charge >= 0.3 is 0 Å².